The van der Waals surface area contributed by atoms with E-state index in [-0.39, 0.29) is 5.56 Å². The molecule has 2 aromatic rings. The van der Waals surface area contributed by atoms with Gasteiger partial charge in [0.05, 0.1) is 7.11 Å². The van der Waals surface area contributed by atoms with Gasteiger partial charge in [-0.3, -0.25) is 4.79 Å². The number of benzene rings is 1. The molecular formula is C11H9NO2S2. The lowest BCUT2D eigenvalue weighted by Crippen LogP contribution is -2.02. The predicted octanol–water partition coefficient (Wildman–Crippen LogP) is 2.84. The summed E-state index contributed by atoms with van der Waals surface area (Å²) in [6, 6.07) is 9.05. The van der Waals surface area contributed by atoms with Gasteiger partial charge in [-0.1, -0.05) is 0 Å². The molecule has 0 saturated carbocycles. The molecule has 1 aromatic carbocycles. The maximum atomic E-state index is 11.3. The Morgan fingerprint density at radius 3 is 2.56 bits per heavy atom. The van der Waals surface area contributed by atoms with Crippen molar-refractivity contribution < 1.29 is 4.74 Å². The quantitative estimate of drug-likeness (QED) is 0.834. The first kappa shape index (κ1) is 11.0. The summed E-state index contributed by atoms with van der Waals surface area (Å²) in [6.07, 6.45) is 0. The lowest BCUT2D eigenvalue weighted by molar-refractivity contribution is 0.415. The van der Waals surface area contributed by atoms with Gasteiger partial charge in [-0.05, 0) is 42.0 Å². The maximum absolute atomic E-state index is 11.3. The van der Waals surface area contributed by atoms with Gasteiger partial charge in [0.25, 0.3) is 5.56 Å². The van der Waals surface area contributed by atoms with Crippen LogP contribution in [0.5, 0.6) is 5.75 Å². The van der Waals surface area contributed by atoms with Crippen molar-refractivity contribution in [3.63, 3.8) is 0 Å². The number of hydrogen-bond donors (Lipinski definition) is 1. The van der Waals surface area contributed by atoms with E-state index in [1.165, 1.54) is 11.3 Å². The van der Waals surface area contributed by atoms with E-state index in [0.29, 0.717) is 3.95 Å². The lowest BCUT2D eigenvalue weighted by atomic mass is 10.2. The zero-order valence-corrected chi connectivity index (χ0v) is 10.2. The maximum Gasteiger partial charge on any atom is 0.251 e. The van der Waals surface area contributed by atoms with Gasteiger partial charge in [0.1, 0.15) is 5.75 Å². The van der Waals surface area contributed by atoms with Gasteiger partial charge in [0, 0.05) is 10.9 Å². The van der Waals surface area contributed by atoms with Crippen LogP contribution in [0.25, 0.3) is 10.4 Å². The fraction of sp³-hybridized carbons (Fsp3) is 0.0909. The highest BCUT2D eigenvalue weighted by molar-refractivity contribution is 7.73. The number of hydrogen-bond acceptors (Lipinski definition) is 4. The average molecular weight is 251 g/mol. The smallest absolute Gasteiger partial charge is 0.251 e. The first-order valence-corrected chi connectivity index (χ1v) is 5.80. The molecule has 0 amide bonds. The first-order valence-electron chi connectivity index (χ1n) is 4.58. The van der Waals surface area contributed by atoms with Gasteiger partial charge in [0.15, 0.2) is 3.95 Å². The largest absolute Gasteiger partial charge is 0.497 e. The third-order valence-corrected chi connectivity index (χ3v) is 3.28. The normalized spacial score (nSPS) is 10.1. The molecule has 16 heavy (non-hydrogen) atoms. The van der Waals surface area contributed by atoms with Crippen molar-refractivity contribution in [2.24, 2.45) is 0 Å². The molecule has 0 aliphatic carbocycles. The van der Waals surface area contributed by atoms with Crippen LogP contribution in [0.2, 0.25) is 0 Å². The Labute approximate surface area is 101 Å². The number of ether oxygens (including phenoxy) is 1. The van der Waals surface area contributed by atoms with Crippen LogP contribution in [0.15, 0.2) is 35.1 Å². The Hall–Kier alpha value is -1.46. The number of aromatic amines is 1. The van der Waals surface area contributed by atoms with Crippen LogP contribution in [0.3, 0.4) is 0 Å². The van der Waals surface area contributed by atoms with Crippen molar-refractivity contribution in [1.29, 1.82) is 0 Å². The topological polar surface area (TPSA) is 42.1 Å². The van der Waals surface area contributed by atoms with Crippen molar-refractivity contribution in [2.45, 2.75) is 0 Å². The molecule has 0 atom stereocenters. The molecule has 0 unspecified atom stereocenters. The first-order chi connectivity index (χ1) is 7.69. The summed E-state index contributed by atoms with van der Waals surface area (Å²) in [4.78, 5) is 14.7. The summed E-state index contributed by atoms with van der Waals surface area (Å²) in [7, 11) is 1.62. The zero-order valence-electron chi connectivity index (χ0n) is 8.52. The fourth-order valence-electron chi connectivity index (χ4n) is 1.31. The van der Waals surface area contributed by atoms with Crippen LogP contribution < -0.4 is 10.3 Å². The summed E-state index contributed by atoms with van der Waals surface area (Å²) in [5.74, 6) is 0.789. The van der Waals surface area contributed by atoms with E-state index >= 15 is 0 Å². The third kappa shape index (κ3) is 2.37. The van der Waals surface area contributed by atoms with E-state index in [2.05, 4.69) is 4.98 Å². The van der Waals surface area contributed by atoms with E-state index in [9.17, 15) is 4.79 Å². The Kier molecular flexibility index (Phi) is 3.17. The SMILES string of the molecule is COc1ccc(-c2cc(=O)[nH]c(=S)s2)cc1. The van der Waals surface area contributed by atoms with Crippen molar-refractivity contribution in [2.75, 3.05) is 7.11 Å². The van der Waals surface area contributed by atoms with E-state index in [4.69, 9.17) is 17.0 Å². The van der Waals surface area contributed by atoms with Gasteiger partial charge >= 0.3 is 0 Å². The molecule has 1 heterocycles. The van der Waals surface area contributed by atoms with Gasteiger partial charge in [-0.25, -0.2) is 0 Å². The molecule has 1 N–H and O–H groups in total. The zero-order chi connectivity index (χ0) is 11.5. The molecule has 0 saturated heterocycles. The molecule has 1 aromatic heterocycles. The number of methoxy groups -OCH3 is 1. The summed E-state index contributed by atoms with van der Waals surface area (Å²) in [5.41, 5.74) is 0.789. The highest BCUT2D eigenvalue weighted by Crippen LogP contribution is 2.24. The molecule has 5 heteroatoms. The van der Waals surface area contributed by atoms with Crippen LogP contribution in [0, 0.1) is 3.95 Å². The molecule has 0 bridgehead atoms. The summed E-state index contributed by atoms with van der Waals surface area (Å²) in [6.45, 7) is 0. The minimum atomic E-state index is -0.172. The van der Waals surface area contributed by atoms with Crippen molar-refractivity contribution in [3.8, 4) is 16.2 Å². The standard InChI is InChI=1S/C11H9NO2S2/c1-14-8-4-2-7(3-5-8)9-6-10(13)12-11(15)16-9/h2-6H,1H3,(H,12,13,15). The van der Waals surface area contributed by atoms with E-state index in [1.54, 1.807) is 13.2 Å². The Morgan fingerprint density at radius 1 is 1.31 bits per heavy atom. The van der Waals surface area contributed by atoms with Crippen LogP contribution in [0.1, 0.15) is 0 Å². The molecule has 0 aliphatic rings. The molecule has 82 valence electrons. The number of aromatic nitrogens is 1. The molecular weight excluding hydrogens is 242 g/mol. The third-order valence-electron chi connectivity index (χ3n) is 2.06. The number of nitrogens with one attached hydrogen (secondary N) is 1. The second-order valence-corrected chi connectivity index (χ2v) is 4.83. The van der Waals surface area contributed by atoms with Crippen LogP contribution in [-0.4, -0.2) is 12.1 Å². The second kappa shape index (κ2) is 4.59. The van der Waals surface area contributed by atoms with Crippen LogP contribution in [0.4, 0.5) is 0 Å². The fourth-order valence-corrected chi connectivity index (χ4v) is 2.45. The van der Waals surface area contributed by atoms with Crippen molar-refractivity contribution in [3.05, 3.63) is 44.6 Å². The van der Waals surface area contributed by atoms with Crippen molar-refractivity contribution >= 4 is 23.6 Å². The van der Waals surface area contributed by atoms with Crippen LogP contribution >= 0.6 is 23.6 Å². The van der Waals surface area contributed by atoms with E-state index in [0.717, 1.165) is 16.2 Å². The Balaban J connectivity index is 2.50. The average Bonchev–Trinajstić information content (AvgIpc) is 2.28. The number of H-pyrrole nitrogens is 1. The van der Waals surface area contributed by atoms with Gasteiger partial charge < -0.3 is 9.72 Å². The molecule has 0 radical (unpaired) electrons. The van der Waals surface area contributed by atoms with Gasteiger partial charge in [-0.2, -0.15) is 0 Å². The molecule has 3 nitrogen and oxygen atoms in total. The van der Waals surface area contributed by atoms with Crippen molar-refractivity contribution in [1.82, 2.24) is 4.98 Å². The van der Waals surface area contributed by atoms with E-state index < -0.39 is 0 Å². The number of rotatable bonds is 2. The Bertz CT molecular complexity index is 570. The summed E-state index contributed by atoms with van der Waals surface area (Å²) < 4.78 is 5.55. The predicted molar refractivity (Wildman–Crippen MR) is 67.8 cm³/mol. The van der Waals surface area contributed by atoms with Crippen LogP contribution in [-0.2, 0) is 0 Å². The molecule has 0 aliphatic heterocycles. The second-order valence-electron chi connectivity index (χ2n) is 3.12. The minimum Gasteiger partial charge on any atom is -0.497 e. The molecule has 0 spiro atoms. The van der Waals surface area contributed by atoms with E-state index in [1.807, 2.05) is 24.3 Å². The minimum absolute atomic E-state index is 0.172. The monoisotopic (exact) mass is 251 g/mol. The Morgan fingerprint density at radius 2 is 2.00 bits per heavy atom. The molecule has 2 rings (SSSR count). The van der Waals surface area contributed by atoms with Gasteiger partial charge in [-0.15, -0.1) is 11.3 Å². The lowest BCUT2D eigenvalue weighted by Gasteiger charge is -2.02. The summed E-state index contributed by atoms with van der Waals surface area (Å²) >= 11 is 6.35. The molecule has 0 fully saturated rings. The highest BCUT2D eigenvalue weighted by atomic mass is 32.1. The van der Waals surface area contributed by atoms with Gasteiger partial charge in [0.2, 0.25) is 0 Å². The highest BCUT2D eigenvalue weighted by Gasteiger charge is 2.00. The summed E-state index contributed by atoms with van der Waals surface area (Å²) in [5, 5.41) is 0.